The maximum atomic E-state index is 13.3. The Bertz CT molecular complexity index is 1400. The largest absolute Gasteiger partial charge is 0.497 e. The van der Waals surface area contributed by atoms with Crippen LogP contribution in [-0.2, 0) is 32.2 Å². The average Bonchev–Trinajstić information content (AvgIpc) is 3.05. The molecule has 0 aliphatic carbocycles. The van der Waals surface area contributed by atoms with Crippen LogP contribution in [0.15, 0.2) is 72.8 Å². The van der Waals surface area contributed by atoms with Crippen molar-refractivity contribution < 1.29 is 38.4 Å². The molecule has 1 unspecified atom stereocenters. The molecule has 3 aromatic carbocycles. The molecule has 234 valence electrons. The Balaban J connectivity index is 1.36. The van der Waals surface area contributed by atoms with E-state index in [4.69, 9.17) is 23.7 Å². The fraction of sp³-hybridized carbons (Fsp3) is 0.412. The van der Waals surface area contributed by atoms with Crippen LogP contribution >= 0.6 is 0 Å². The van der Waals surface area contributed by atoms with Crippen molar-refractivity contribution in [2.24, 2.45) is 0 Å². The summed E-state index contributed by atoms with van der Waals surface area (Å²) in [6, 6.07) is 22.1. The average molecular weight is 605 g/mol. The van der Waals surface area contributed by atoms with Gasteiger partial charge in [-0.1, -0.05) is 48.5 Å². The summed E-state index contributed by atoms with van der Waals surface area (Å²) in [5, 5.41) is 11.6. The van der Waals surface area contributed by atoms with Crippen LogP contribution in [0.5, 0.6) is 11.5 Å². The Morgan fingerprint density at radius 1 is 1.00 bits per heavy atom. The first-order valence-electron chi connectivity index (χ1n) is 14.9. The summed E-state index contributed by atoms with van der Waals surface area (Å²) < 4.78 is 28.3. The first-order valence-corrected chi connectivity index (χ1v) is 14.9. The number of aliphatic hydroxyl groups is 1. The number of amides is 2. The summed E-state index contributed by atoms with van der Waals surface area (Å²) in [5.41, 5.74) is 3.27. The Morgan fingerprint density at radius 3 is 2.50 bits per heavy atom. The summed E-state index contributed by atoms with van der Waals surface area (Å²) in [6.45, 7) is 3.41. The van der Waals surface area contributed by atoms with E-state index in [1.54, 1.807) is 19.1 Å². The van der Waals surface area contributed by atoms with Crippen LogP contribution in [0.25, 0.3) is 0 Å². The van der Waals surface area contributed by atoms with Crippen molar-refractivity contribution in [1.29, 1.82) is 0 Å². The molecule has 5 rings (SSSR count). The zero-order valence-electron chi connectivity index (χ0n) is 25.4. The molecule has 0 aromatic heterocycles. The van der Waals surface area contributed by atoms with Crippen LogP contribution in [0.1, 0.15) is 36.0 Å². The van der Waals surface area contributed by atoms with E-state index >= 15 is 0 Å². The molecule has 2 amide bonds. The van der Waals surface area contributed by atoms with Gasteiger partial charge in [-0.2, -0.15) is 0 Å². The summed E-state index contributed by atoms with van der Waals surface area (Å²) in [5.74, 6) is 0.815. The van der Waals surface area contributed by atoms with Crippen LogP contribution in [0.4, 0.5) is 10.5 Å². The van der Waals surface area contributed by atoms with Gasteiger partial charge < -0.3 is 38.6 Å². The van der Waals surface area contributed by atoms with Crippen LogP contribution < -0.4 is 14.4 Å². The van der Waals surface area contributed by atoms with E-state index in [0.717, 1.165) is 16.7 Å². The van der Waals surface area contributed by atoms with Gasteiger partial charge in [0.15, 0.2) is 6.61 Å². The molecule has 0 saturated carbocycles. The van der Waals surface area contributed by atoms with Gasteiger partial charge in [0.05, 0.1) is 44.2 Å². The quantitative estimate of drug-likeness (QED) is 0.319. The minimum atomic E-state index is -0.919. The second-order valence-electron chi connectivity index (χ2n) is 11.1. The molecule has 0 radical (unpaired) electrons. The van der Waals surface area contributed by atoms with Gasteiger partial charge in [-0.3, -0.25) is 4.79 Å². The highest BCUT2D eigenvalue weighted by Gasteiger charge is 2.44. The number of nitrogens with zero attached hydrogens (tertiary/aromatic N) is 2. The molecule has 10 nitrogen and oxygen atoms in total. The molecule has 44 heavy (non-hydrogen) atoms. The Hall–Kier alpha value is -4.12. The molecule has 0 spiro atoms. The molecular weight excluding hydrogens is 564 g/mol. The fourth-order valence-corrected chi connectivity index (χ4v) is 5.77. The molecule has 2 aliphatic heterocycles. The lowest BCUT2D eigenvalue weighted by Crippen LogP contribution is -2.58. The van der Waals surface area contributed by atoms with E-state index in [1.807, 2.05) is 79.7 Å². The number of ether oxygens (including phenoxy) is 5. The van der Waals surface area contributed by atoms with Crippen LogP contribution in [-0.4, -0.2) is 80.8 Å². The normalized spacial score (nSPS) is 21.4. The fourth-order valence-electron chi connectivity index (χ4n) is 5.77. The Labute approximate surface area is 258 Å². The van der Waals surface area contributed by atoms with Gasteiger partial charge in [0.1, 0.15) is 18.1 Å². The second-order valence-corrected chi connectivity index (χ2v) is 11.1. The molecule has 3 aromatic rings. The maximum absolute atomic E-state index is 13.3. The molecule has 4 atom stereocenters. The van der Waals surface area contributed by atoms with Gasteiger partial charge >= 0.3 is 6.09 Å². The van der Waals surface area contributed by atoms with Crippen LogP contribution in [0, 0.1) is 0 Å². The summed E-state index contributed by atoms with van der Waals surface area (Å²) in [4.78, 5) is 29.2. The molecule has 2 aliphatic rings. The van der Waals surface area contributed by atoms with Crippen molar-refractivity contribution in [3.05, 3.63) is 89.5 Å². The highest BCUT2D eigenvalue weighted by atomic mass is 16.6. The van der Waals surface area contributed by atoms with Crippen molar-refractivity contribution in [3.63, 3.8) is 0 Å². The smallest absolute Gasteiger partial charge is 0.410 e. The van der Waals surface area contributed by atoms with Crippen LogP contribution in [0.2, 0.25) is 0 Å². The Morgan fingerprint density at radius 2 is 1.77 bits per heavy atom. The molecule has 2 heterocycles. The lowest BCUT2D eigenvalue weighted by molar-refractivity contribution is -0.121. The lowest BCUT2D eigenvalue weighted by Gasteiger charge is -2.45. The number of methoxy groups -OCH3 is 2. The van der Waals surface area contributed by atoms with E-state index in [0.29, 0.717) is 36.8 Å². The predicted molar refractivity (Wildman–Crippen MR) is 164 cm³/mol. The molecule has 1 saturated heterocycles. The number of hydrogen-bond donors (Lipinski definition) is 1. The van der Waals surface area contributed by atoms with Crippen molar-refractivity contribution in [3.8, 4) is 11.5 Å². The standard InChI is InChI=1S/C34H40N2O8/c1-23-33(38)32(26-11-13-27(41-3)14-12-26)30(19-36(23)34(39)44-20-24-8-5-4-6-9-24)42-21-25-10-15-29-28(18-25)35(16-7-17-40-2)31(37)22-43-29/h4-6,8-15,18,23,30,32-33,38H,7,16-17,19-22H2,1-3H3/t23?,30-,32-,33+/m0/s1. The van der Waals surface area contributed by atoms with Gasteiger partial charge in [-0.05, 0) is 54.3 Å². The van der Waals surface area contributed by atoms with Crippen molar-refractivity contribution >= 4 is 17.7 Å². The van der Waals surface area contributed by atoms with Gasteiger partial charge in [-0.25, -0.2) is 4.79 Å². The lowest BCUT2D eigenvalue weighted by atomic mass is 9.81. The first kappa shape index (κ1) is 31.3. The number of likely N-dealkylation sites (tertiary alicyclic amines) is 1. The number of carbonyl (C=O) groups is 2. The maximum Gasteiger partial charge on any atom is 0.410 e. The second kappa shape index (κ2) is 14.6. The van der Waals surface area contributed by atoms with E-state index in [9.17, 15) is 14.7 Å². The molecular formula is C34H40N2O8. The highest BCUT2D eigenvalue weighted by molar-refractivity contribution is 5.97. The minimum Gasteiger partial charge on any atom is -0.497 e. The molecule has 0 bridgehead atoms. The zero-order valence-corrected chi connectivity index (χ0v) is 25.4. The number of aliphatic hydroxyl groups excluding tert-OH is 1. The number of piperidine rings is 1. The molecule has 10 heteroatoms. The number of fused-ring (bicyclic) bond motifs is 1. The number of anilines is 1. The molecule has 1 fully saturated rings. The topological polar surface area (TPSA) is 107 Å². The van der Waals surface area contributed by atoms with Gasteiger partial charge in [0.25, 0.3) is 5.91 Å². The number of carbonyl (C=O) groups excluding carboxylic acids is 2. The van der Waals surface area contributed by atoms with Gasteiger partial charge in [0, 0.05) is 26.2 Å². The monoisotopic (exact) mass is 604 g/mol. The van der Waals surface area contributed by atoms with E-state index in [-0.39, 0.29) is 32.3 Å². The van der Waals surface area contributed by atoms with Crippen molar-refractivity contribution in [2.75, 3.05) is 45.4 Å². The van der Waals surface area contributed by atoms with Crippen molar-refractivity contribution in [1.82, 2.24) is 4.90 Å². The van der Waals surface area contributed by atoms with E-state index in [1.165, 1.54) is 4.90 Å². The third kappa shape index (κ3) is 7.15. The third-order valence-corrected chi connectivity index (χ3v) is 8.23. The minimum absolute atomic E-state index is 0.00623. The van der Waals surface area contributed by atoms with Crippen LogP contribution in [0.3, 0.4) is 0 Å². The number of hydrogen-bond acceptors (Lipinski definition) is 8. The molecule has 1 N–H and O–H groups in total. The highest BCUT2D eigenvalue weighted by Crippen LogP contribution is 2.37. The van der Waals surface area contributed by atoms with Crippen molar-refractivity contribution in [2.45, 2.75) is 50.7 Å². The SMILES string of the molecule is COCCCN1C(=O)COc2ccc(CO[C@H]3CN(C(=O)OCc4ccccc4)C(C)[C@@H](O)[C@H]3c3ccc(OC)cc3)cc21. The zero-order chi connectivity index (χ0) is 31.1. The first-order chi connectivity index (χ1) is 21.4. The van der Waals surface area contributed by atoms with E-state index in [2.05, 4.69) is 0 Å². The number of rotatable bonds is 11. The summed E-state index contributed by atoms with van der Waals surface area (Å²) >= 11 is 0. The Kier molecular flexibility index (Phi) is 10.4. The van der Waals surface area contributed by atoms with Gasteiger partial charge in [-0.15, -0.1) is 0 Å². The van der Waals surface area contributed by atoms with E-state index < -0.39 is 30.3 Å². The third-order valence-electron chi connectivity index (χ3n) is 8.23. The summed E-state index contributed by atoms with van der Waals surface area (Å²) in [6.07, 6.45) is -1.29. The predicted octanol–water partition coefficient (Wildman–Crippen LogP) is 4.53. The summed E-state index contributed by atoms with van der Waals surface area (Å²) in [7, 11) is 3.24. The number of benzene rings is 3. The van der Waals surface area contributed by atoms with Gasteiger partial charge in [0.2, 0.25) is 0 Å².